The molecular weight excluding hydrogens is 494 g/mol. The zero-order valence-electron chi connectivity index (χ0n) is 20.4. The number of H-pyrrole nitrogens is 1. The number of aryl methyl sites for hydroxylation is 1. The minimum atomic E-state index is -4.06. The van der Waals surface area contributed by atoms with Crippen molar-refractivity contribution < 1.29 is 22.7 Å². The molecule has 0 bridgehead atoms. The maximum absolute atomic E-state index is 13.5. The second kappa shape index (κ2) is 10.7. The molecule has 4 N–H and O–H groups in total. The molecule has 192 valence electrons. The number of esters is 1. The third-order valence-corrected chi connectivity index (χ3v) is 7.42. The lowest BCUT2D eigenvalue weighted by Gasteiger charge is -2.25. The van der Waals surface area contributed by atoms with Gasteiger partial charge in [-0.05, 0) is 62.4 Å². The minimum Gasteiger partial charge on any atom is -0.486 e. The molecular formula is C26H27N5O5S. The Balaban J connectivity index is 1.65. The standard InChI is InChI=1S/C26H27N5O5S/c1-3-35-24(32)15-31(37(33,34)20-7-5-4-6-8-20)22-14-13-21-25(17(22)2)30-23(29-21)16-36-19-11-9-18(10-12-19)26(27)28/h4-14H,3,15-16H2,1-2H3,(H3,27,28)(H,29,30). The number of carbonyl (C=O) groups excluding carboxylic acids is 1. The summed E-state index contributed by atoms with van der Waals surface area (Å²) in [5.41, 5.74) is 8.23. The number of aromatic amines is 1. The molecule has 0 saturated carbocycles. The number of aromatic nitrogens is 2. The number of ether oxygens (including phenoxy) is 2. The van der Waals surface area contributed by atoms with E-state index in [0.29, 0.717) is 39.4 Å². The molecule has 3 aromatic carbocycles. The Kier molecular flexibility index (Phi) is 7.44. The normalized spacial score (nSPS) is 11.3. The molecule has 1 heterocycles. The van der Waals surface area contributed by atoms with E-state index in [2.05, 4.69) is 9.97 Å². The van der Waals surface area contributed by atoms with E-state index < -0.39 is 22.5 Å². The Bertz CT molecular complexity index is 1530. The van der Waals surface area contributed by atoms with Gasteiger partial charge in [-0.1, -0.05) is 18.2 Å². The van der Waals surface area contributed by atoms with E-state index >= 15 is 0 Å². The lowest BCUT2D eigenvalue weighted by atomic mass is 10.1. The first-order chi connectivity index (χ1) is 17.7. The van der Waals surface area contributed by atoms with Crippen molar-refractivity contribution in [2.45, 2.75) is 25.3 Å². The van der Waals surface area contributed by atoms with Crippen LogP contribution in [0.2, 0.25) is 0 Å². The molecule has 0 aliphatic carbocycles. The molecule has 0 saturated heterocycles. The van der Waals surface area contributed by atoms with E-state index in [-0.39, 0.29) is 23.9 Å². The highest BCUT2D eigenvalue weighted by Gasteiger charge is 2.29. The highest BCUT2D eigenvalue weighted by molar-refractivity contribution is 7.92. The van der Waals surface area contributed by atoms with Crippen LogP contribution in [0.25, 0.3) is 11.0 Å². The first-order valence-corrected chi connectivity index (χ1v) is 12.9. The Morgan fingerprint density at radius 1 is 1.08 bits per heavy atom. The van der Waals surface area contributed by atoms with Gasteiger partial charge in [0.05, 0.1) is 28.2 Å². The number of imidazole rings is 1. The van der Waals surface area contributed by atoms with E-state index in [1.54, 1.807) is 68.4 Å². The molecule has 0 spiro atoms. The van der Waals surface area contributed by atoms with Crippen molar-refractivity contribution in [2.24, 2.45) is 5.73 Å². The number of fused-ring (bicyclic) bond motifs is 1. The number of nitrogens with two attached hydrogens (primary N) is 1. The second-order valence-electron chi connectivity index (χ2n) is 8.15. The third kappa shape index (κ3) is 5.56. The highest BCUT2D eigenvalue weighted by atomic mass is 32.2. The maximum Gasteiger partial charge on any atom is 0.326 e. The summed E-state index contributed by atoms with van der Waals surface area (Å²) in [6.45, 7) is 3.21. The molecule has 0 radical (unpaired) electrons. The lowest BCUT2D eigenvalue weighted by molar-refractivity contribution is -0.141. The van der Waals surface area contributed by atoms with Crippen molar-refractivity contribution in [3.63, 3.8) is 0 Å². The van der Waals surface area contributed by atoms with Crippen LogP contribution in [0.5, 0.6) is 5.75 Å². The van der Waals surface area contributed by atoms with Crippen LogP contribution < -0.4 is 14.8 Å². The molecule has 37 heavy (non-hydrogen) atoms. The Morgan fingerprint density at radius 3 is 2.43 bits per heavy atom. The number of rotatable bonds is 10. The average Bonchev–Trinajstić information content (AvgIpc) is 3.32. The van der Waals surface area contributed by atoms with Crippen molar-refractivity contribution in [3.8, 4) is 5.75 Å². The van der Waals surface area contributed by atoms with Gasteiger partial charge in [0.1, 0.15) is 30.6 Å². The fraction of sp³-hybridized carbons (Fsp3) is 0.192. The Morgan fingerprint density at radius 2 is 1.78 bits per heavy atom. The van der Waals surface area contributed by atoms with Crippen molar-refractivity contribution in [1.82, 2.24) is 9.97 Å². The zero-order valence-corrected chi connectivity index (χ0v) is 21.2. The van der Waals surface area contributed by atoms with Crippen LogP contribution in [-0.2, 0) is 26.2 Å². The summed E-state index contributed by atoms with van der Waals surface area (Å²) >= 11 is 0. The van der Waals surface area contributed by atoms with Gasteiger partial charge in [0.15, 0.2) is 0 Å². The molecule has 11 heteroatoms. The number of carbonyl (C=O) groups is 1. The molecule has 1 aromatic heterocycles. The van der Waals surface area contributed by atoms with Crippen molar-refractivity contribution >= 4 is 38.5 Å². The monoisotopic (exact) mass is 521 g/mol. The molecule has 0 atom stereocenters. The van der Waals surface area contributed by atoms with Gasteiger partial charge in [-0.25, -0.2) is 13.4 Å². The van der Waals surface area contributed by atoms with Crippen molar-refractivity contribution in [1.29, 1.82) is 5.41 Å². The van der Waals surface area contributed by atoms with Gasteiger partial charge in [0.2, 0.25) is 0 Å². The molecule has 0 fully saturated rings. The fourth-order valence-electron chi connectivity index (χ4n) is 3.82. The smallest absolute Gasteiger partial charge is 0.326 e. The number of hydrogen-bond donors (Lipinski definition) is 3. The Hall–Kier alpha value is -4.38. The SMILES string of the molecule is CCOC(=O)CN(c1ccc2[nH]c(COc3ccc(C(=N)N)cc3)nc2c1C)S(=O)(=O)c1ccccc1. The van der Waals surface area contributed by atoms with Gasteiger partial charge in [0.25, 0.3) is 10.0 Å². The lowest BCUT2D eigenvalue weighted by Crippen LogP contribution is -2.37. The number of sulfonamides is 1. The van der Waals surface area contributed by atoms with Gasteiger partial charge in [-0.2, -0.15) is 0 Å². The molecule has 4 rings (SSSR count). The molecule has 0 aliphatic heterocycles. The minimum absolute atomic E-state index is 0.0265. The van der Waals surface area contributed by atoms with Crippen LogP contribution in [-0.4, -0.2) is 43.3 Å². The summed E-state index contributed by atoms with van der Waals surface area (Å²) in [7, 11) is -4.06. The van der Waals surface area contributed by atoms with Crippen LogP contribution in [0.15, 0.2) is 71.6 Å². The topological polar surface area (TPSA) is 151 Å². The highest BCUT2D eigenvalue weighted by Crippen LogP contribution is 2.31. The molecule has 10 nitrogen and oxygen atoms in total. The van der Waals surface area contributed by atoms with Crippen molar-refractivity contribution in [2.75, 3.05) is 17.5 Å². The Labute approximate surface area is 214 Å². The van der Waals surface area contributed by atoms with Gasteiger partial charge in [-0.3, -0.25) is 14.5 Å². The number of nitrogens with one attached hydrogen (secondary N) is 2. The van der Waals surface area contributed by atoms with E-state index in [4.69, 9.17) is 20.6 Å². The van der Waals surface area contributed by atoms with Crippen LogP contribution >= 0.6 is 0 Å². The number of nitrogen functional groups attached to an aromatic ring is 1. The van der Waals surface area contributed by atoms with Gasteiger partial charge in [-0.15, -0.1) is 0 Å². The quantitative estimate of drug-likeness (QED) is 0.164. The average molecular weight is 522 g/mol. The number of nitrogens with zero attached hydrogens (tertiary/aromatic N) is 2. The summed E-state index contributed by atoms with van der Waals surface area (Å²) in [6.07, 6.45) is 0. The summed E-state index contributed by atoms with van der Waals surface area (Å²) in [5, 5.41) is 7.47. The molecule has 4 aromatic rings. The zero-order chi connectivity index (χ0) is 26.6. The van der Waals surface area contributed by atoms with Gasteiger partial charge >= 0.3 is 5.97 Å². The summed E-state index contributed by atoms with van der Waals surface area (Å²) in [5.74, 6) is 0.431. The van der Waals surface area contributed by atoms with Gasteiger partial charge in [0, 0.05) is 11.1 Å². The number of anilines is 1. The van der Waals surface area contributed by atoms with Crippen LogP contribution in [0.1, 0.15) is 23.9 Å². The van der Waals surface area contributed by atoms with E-state index in [9.17, 15) is 13.2 Å². The van der Waals surface area contributed by atoms with Crippen LogP contribution in [0, 0.1) is 12.3 Å². The summed E-state index contributed by atoms with van der Waals surface area (Å²) in [4.78, 5) is 20.2. The van der Waals surface area contributed by atoms with Crippen LogP contribution in [0.3, 0.4) is 0 Å². The van der Waals surface area contributed by atoms with E-state index in [0.717, 1.165) is 4.31 Å². The summed E-state index contributed by atoms with van der Waals surface area (Å²) in [6, 6.07) is 18.1. The first-order valence-electron chi connectivity index (χ1n) is 11.5. The second-order valence-corrected chi connectivity index (χ2v) is 10.0. The van der Waals surface area contributed by atoms with Crippen molar-refractivity contribution in [3.05, 3.63) is 83.7 Å². The fourth-order valence-corrected chi connectivity index (χ4v) is 5.30. The van der Waals surface area contributed by atoms with Gasteiger partial charge < -0.3 is 20.2 Å². The maximum atomic E-state index is 13.5. The number of amidine groups is 1. The predicted octanol–water partition coefficient (Wildman–Crippen LogP) is 3.49. The third-order valence-electron chi connectivity index (χ3n) is 5.65. The molecule has 0 unspecified atom stereocenters. The number of hydrogen-bond acceptors (Lipinski definition) is 7. The van der Waals surface area contributed by atoms with Crippen LogP contribution in [0.4, 0.5) is 5.69 Å². The molecule has 0 amide bonds. The van der Waals surface area contributed by atoms with E-state index in [1.165, 1.54) is 12.1 Å². The largest absolute Gasteiger partial charge is 0.486 e. The van der Waals surface area contributed by atoms with E-state index in [1.807, 2.05) is 0 Å². The predicted molar refractivity (Wildman–Crippen MR) is 140 cm³/mol. The summed E-state index contributed by atoms with van der Waals surface area (Å²) < 4.78 is 39.0. The number of benzene rings is 3. The molecule has 0 aliphatic rings. The first kappa shape index (κ1) is 25.7.